The van der Waals surface area contributed by atoms with Crippen LogP contribution in [0.1, 0.15) is 24.9 Å². The summed E-state index contributed by atoms with van der Waals surface area (Å²) in [6.45, 7) is 1.99. The van der Waals surface area contributed by atoms with E-state index in [0.29, 0.717) is 5.75 Å². The van der Waals surface area contributed by atoms with Gasteiger partial charge in [0.2, 0.25) is 0 Å². The highest BCUT2D eigenvalue weighted by molar-refractivity contribution is 5.70. The maximum absolute atomic E-state index is 13.6. The third-order valence-electron chi connectivity index (χ3n) is 2.30. The molecule has 1 rings (SSSR count). The van der Waals surface area contributed by atoms with E-state index in [1.807, 2.05) is 0 Å². The molecule has 0 unspecified atom stereocenters. The summed E-state index contributed by atoms with van der Waals surface area (Å²) in [4.78, 5) is 11.2. The standard InChI is InChI=1S/C12H16FNO3/c1-3-17-12(15)7-11(14)9-5-4-8(16-2)6-10(9)13/h4-6,11H,3,7,14H2,1-2H3/t11-/m0/s1. The lowest BCUT2D eigenvalue weighted by molar-refractivity contribution is -0.143. The van der Waals surface area contributed by atoms with Gasteiger partial charge < -0.3 is 15.2 Å². The van der Waals surface area contributed by atoms with Gasteiger partial charge in [-0.15, -0.1) is 0 Å². The van der Waals surface area contributed by atoms with Crippen molar-refractivity contribution >= 4 is 5.97 Å². The maximum atomic E-state index is 13.6. The number of rotatable bonds is 5. The van der Waals surface area contributed by atoms with Crippen LogP contribution in [0.4, 0.5) is 4.39 Å². The number of halogens is 1. The molecule has 0 saturated heterocycles. The molecule has 0 bridgehead atoms. The van der Waals surface area contributed by atoms with E-state index < -0.39 is 17.8 Å². The van der Waals surface area contributed by atoms with Gasteiger partial charge in [-0.3, -0.25) is 4.79 Å². The Labute approximate surface area is 99.5 Å². The lowest BCUT2D eigenvalue weighted by Crippen LogP contribution is -2.18. The summed E-state index contributed by atoms with van der Waals surface area (Å²) >= 11 is 0. The highest BCUT2D eigenvalue weighted by Gasteiger charge is 2.16. The third-order valence-corrected chi connectivity index (χ3v) is 2.30. The van der Waals surface area contributed by atoms with Crippen LogP contribution in [0.25, 0.3) is 0 Å². The fourth-order valence-corrected chi connectivity index (χ4v) is 1.44. The highest BCUT2D eigenvalue weighted by Crippen LogP contribution is 2.22. The molecule has 0 fully saturated rings. The molecule has 17 heavy (non-hydrogen) atoms. The first kappa shape index (κ1) is 13.4. The number of ether oxygens (including phenoxy) is 2. The Hall–Kier alpha value is -1.62. The summed E-state index contributed by atoms with van der Waals surface area (Å²) < 4.78 is 23.2. The Kier molecular flexibility index (Phi) is 4.90. The van der Waals surface area contributed by atoms with Crippen LogP contribution >= 0.6 is 0 Å². The molecule has 94 valence electrons. The predicted molar refractivity (Wildman–Crippen MR) is 61.1 cm³/mol. The van der Waals surface area contributed by atoms with E-state index in [1.54, 1.807) is 13.0 Å². The van der Waals surface area contributed by atoms with Crippen molar-refractivity contribution in [3.05, 3.63) is 29.6 Å². The number of carbonyl (C=O) groups excluding carboxylic acids is 1. The summed E-state index contributed by atoms with van der Waals surface area (Å²) in [5, 5.41) is 0. The van der Waals surface area contributed by atoms with Crippen LogP contribution in [0.3, 0.4) is 0 Å². The molecule has 0 heterocycles. The molecule has 2 N–H and O–H groups in total. The fraction of sp³-hybridized carbons (Fsp3) is 0.417. The molecular formula is C12H16FNO3. The Morgan fingerprint density at radius 3 is 2.76 bits per heavy atom. The van der Waals surface area contributed by atoms with Crippen molar-refractivity contribution < 1.29 is 18.7 Å². The van der Waals surface area contributed by atoms with Gasteiger partial charge in [0.05, 0.1) is 20.1 Å². The van der Waals surface area contributed by atoms with Gasteiger partial charge >= 0.3 is 5.97 Å². The second kappa shape index (κ2) is 6.20. The molecule has 0 aromatic heterocycles. The number of methoxy groups -OCH3 is 1. The van der Waals surface area contributed by atoms with Crippen molar-refractivity contribution in [3.8, 4) is 5.75 Å². The quantitative estimate of drug-likeness (QED) is 0.798. The lowest BCUT2D eigenvalue weighted by atomic mass is 10.0. The van der Waals surface area contributed by atoms with Gasteiger partial charge in [0.15, 0.2) is 0 Å². The largest absolute Gasteiger partial charge is 0.497 e. The van der Waals surface area contributed by atoms with Crippen molar-refractivity contribution in [2.24, 2.45) is 5.73 Å². The minimum Gasteiger partial charge on any atom is -0.497 e. The molecule has 0 amide bonds. The van der Waals surface area contributed by atoms with Crippen molar-refractivity contribution in [2.45, 2.75) is 19.4 Å². The second-order valence-corrected chi connectivity index (χ2v) is 3.50. The summed E-state index contributed by atoms with van der Waals surface area (Å²) in [7, 11) is 1.45. The Bertz CT molecular complexity index is 395. The normalized spacial score (nSPS) is 12.0. The summed E-state index contributed by atoms with van der Waals surface area (Å²) in [6.07, 6.45) is -0.0446. The molecule has 1 atom stereocenters. The van der Waals surface area contributed by atoms with Crippen LogP contribution in [0, 0.1) is 5.82 Å². The molecule has 0 aliphatic heterocycles. The third kappa shape index (κ3) is 3.71. The molecular weight excluding hydrogens is 225 g/mol. The van der Waals surface area contributed by atoms with Gasteiger partial charge in [0, 0.05) is 17.7 Å². The van der Waals surface area contributed by atoms with Crippen LogP contribution in [-0.2, 0) is 9.53 Å². The van der Waals surface area contributed by atoms with E-state index in [0.717, 1.165) is 0 Å². The minimum atomic E-state index is -0.708. The Morgan fingerprint density at radius 1 is 1.53 bits per heavy atom. The van der Waals surface area contributed by atoms with Crippen molar-refractivity contribution in [3.63, 3.8) is 0 Å². The van der Waals surface area contributed by atoms with Crippen LogP contribution in [-0.4, -0.2) is 19.7 Å². The van der Waals surface area contributed by atoms with Crippen LogP contribution < -0.4 is 10.5 Å². The summed E-state index contributed by atoms with van der Waals surface area (Å²) in [5.74, 6) is -0.508. The summed E-state index contributed by atoms with van der Waals surface area (Å²) in [5.41, 5.74) is 6.01. The first-order valence-electron chi connectivity index (χ1n) is 5.33. The number of hydrogen-bond acceptors (Lipinski definition) is 4. The highest BCUT2D eigenvalue weighted by atomic mass is 19.1. The number of nitrogens with two attached hydrogens (primary N) is 1. The summed E-state index contributed by atoms with van der Waals surface area (Å²) in [6, 6.07) is 3.64. The first-order valence-corrected chi connectivity index (χ1v) is 5.33. The zero-order valence-corrected chi connectivity index (χ0v) is 9.90. The van der Waals surface area contributed by atoms with Gasteiger partial charge in [0.1, 0.15) is 11.6 Å². The van der Waals surface area contributed by atoms with Crippen LogP contribution in [0.5, 0.6) is 5.75 Å². The van der Waals surface area contributed by atoms with E-state index in [1.165, 1.54) is 19.2 Å². The van der Waals surface area contributed by atoms with Gasteiger partial charge in [-0.05, 0) is 13.0 Å². The molecule has 1 aromatic rings. The minimum absolute atomic E-state index is 0.0446. The number of esters is 1. The molecule has 5 heteroatoms. The number of hydrogen-bond donors (Lipinski definition) is 1. The van der Waals surface area contributed by atoms with Crippen molar-refractivity contribution in [2.75, 3.05) is 13.7 Å². The molecule has 0 spiro atoms. The second-order valence-electron chi connectivity index (χ2n) is 3.50. The van der Waals surface area contributed by atoms with Gasteiger partial charge in [-0.25, -0.2) is 4.39 Å². The van der Waals surface area contributed by atoms with Gasteiger partial charge in [-0.2, -0.15) is 0 Å². The maximum Gasteiger partial charge on any atom is 0.307 e. The molecule has 4 nitrogen and oxygen atoms in total. The fourth-order valence-electron chi connectivity index (χ4n) is 1.44. The monoisotopic (exact) mass is 241 g/mol. The Balaban J connectivity index is 2.75. The average Bonchev–Trinajstić information content (AvgIpc) is 2.28. The number of carbonyl (C=O) groups is 1. The van der Waals surface area contributed by atoms with E-state index in [9.17, 15) is 9.18 Å². The Morgan fingerprint density at radius 2 is 2.24 bits per heavy atom. The van der Waals surface area contributed by atoms with E-state index in [2.05, 4.69) is 0 Å². The van der Waals surface area contributed by atoms with E-state index in [4.69, 9.17) is 15.2 Å². The van der Waals surface area contributed by atoms with Gasteiger partial charge in [-0.1, -0.05) is 6.07 Å². The zero-order valence-electron chi connectivity index (χ0n) is 9.90. The molecule has 1 aromatic carbocycles. The van der Waals surface area contributed by atoms with Gasteiger partial charge in [0.25, 0.3) is 0 Å². The van der Waals surface area contributed by atoms with Crippen molar-refractivity contribution in [1.29, 1.82) is 0 Å². The smallest absolute Gasteiger partial charge is 0.307 e. The van der Waals surface area contributed by atoms with Crippen LogP contribution in [0.15, 0.2) is 18.2 Å². The molecule has 0 saturated carbocycles. The zero-order chi connectivity index (χ0) is 12.8. The predicted octanol–water partition coefficient (Wildman–Crippen LogP) is 1.79. The van der Waals surface area contributed by atoms with Crippen molar-refractivity contribution in [1.82, 2.24) is 0 Å². The average molecular weight is 241 g/mol. The molecule has 0 radical (unpaired) electrons. The van der Waals surface area contributed by atoms with Crippen LogP contribution in [0.2, 0.25) is 0 Å². The molecule has 0 aliphatic rings. The molecule has 0 aliphatic carbocycles. The van der Waals surface area contributed by atoms with E-state index in [-0.39, 0.29) is 18.6 Å². The van der Waals surface area contributed by atoms with E-state index >= 15 is 0 Å². The topological polar surface area (TPSA) is 61.5 Å². The first-order chi connectivity index (χ1) is 8.08. The number of benzene rings is 1. The lowest BCUT2D eigenvalue weighted by Gasteiger charge is -2.12. The SMILES string of the molecule is CCOC(=O)C[C@H](N)c1ccc(OC)cc1F.